The normalized spacial score (nSPS) is 20.2. The standard InChI is InChI=1S/C18H17Cl3N2O4S3/c1-9(2)12(16(25)27-8-18(19,20)21)23-14(24)13(26-3)15(23)29-30-17-22-10-6-4-5-7-11(10)28-17/h4-7,12-13,15H,1,8H2,2-3H3/t12?,13-,15+/m0/s1. The molecule has 162 valence electrons. The molecule has 6 nitrogen and oxygen atoms in total. The molecule has 0 radical (unpaired) electrons. The number of alkyl halides is 3. The van der Waals surface area contributed by atoms with Gasteiger partial charge in [-0.25, -0.2) is 9.78 Å². The number of benzene rings is 1. The van der Waals surface area contributed by atoms with Gasteiger partial charge in [0, 0.05) is 7.11 Å². The Morgan fingerprint density at radius 2 is 2.10 bits per heavy atom. The molecule has 1 unspecified atom stereocenters. The van der Waals surface area contributed by atoms with Crippen LogP contribution < -0.4 is 0 Å². The van der Waals surface area contributed by atoms with Gasteiger partial charge in [0.25, 0.3) is 5.91 Å². The number of fused-ring (bicyclic) bond motifs is 1. The van der Waals surface area contributed by atoms with Crippen molar-refractivity contribution in [3.63, 3.8) is 0 Å². The lowest BCUT2D eigenvalue weighted by molar-refractivity contribution is -0.173. The zero-order chi connectivity index (χ0) is 22.1. The third-order valence-electron chi connectivity index (χ3n) is 4.12. The smallest absolute Gasteiger partial charge is 0.333 e. The second-order valence-electron chi connectivity index (χ2n) is 6.39. The number of likely N-dealkylation sites (tertiary alicyclic amines) is 1. The SMILES string of the molecule is C=C(C)C(C(=O)OCC(Cl)(Cl)Cl)N1C(=O)[C@H](OC)[C@H]1SSc1nc2ccccc2s1. The van der Waals surface area contributed by atoms with Crippen LogP contribution in [-0.4, -0.2) is 56.8 Å². The number of β-lactam (4-membered cyclic amide) rings is 1. The molecule has 3 rings (SSSR count). The molecule has 1 amide bonds. The van der Waals surface area contributed by atoms with Gasteiger partial charge in [0.05, 0.1) is 10.2 Å². The number of methoxy groups -OCH3 is 1. The van der Waals surface area contributed by atoms with Gasteiger partial charge in [-0.15, -0.1) is 11.3 Å². The van der Waals surface area contributed by atoms with E-state index in [-0.39, 0.29) is 5.91 Å². The number of rotatable bonds is 8. The minimum atomic E-state index is -1.75. The van der Waals surface area contributed by atoms with Gasteiger partial charge in [0.2, 0.25) is 3.79 Å². The summed E-state index contributed by atoms with van der Waals surface area (Å²) in [5, 5.41) is -0.443. The van der Waals surface area contributed by atoms with Crippen molar-refractivity contribution in [2.75, 3.05) is 13.7 Å². The van der Waals surface area contributed by atoms with Crippen molar-refractivity contribution in [1.29, 1.82) is 0 Å². The zero-order valence-corrected chi connectivity index (χ0v) is 20.6. The fourth-order valence-electron chi connectivity index (χ4n) is 2.81. The summed E-state index contributed by atoms with van der Waals surface area (Å²) in [6.45, 7) is 5.03. The van der Waals surface area contributed by atoms with E-state index >= 15 is 0 Å². The monoisotopic (exact) mass is 526 g/mol. The molecule has 2 aromatic rings. The summed E-state index contributed by atoms with van der Waals surface area (Å²) < 4.78 is 10.6. The zero-order valence-electron chi connectivity index (χ0n) is 15.8. The molecule has 1 aromatic heterocycles. The van der Waals surface area contributed by atoms with Crippen molar-refractivity contribution in [2.45, 2.75) is 32.6 Å². The van der Waals surface area contributed by atoms with Gasteiger partial charge < -0.3 is 14.4 Å². The van der Waals surface area contributed by atoms with Crippen LogP contribution in [0.15, 0.2) is 40.8 Å². The number of halogens is 3. The fraction of sp³-hybridized carbons (Fsp3) is 0.389. The van der Waals surface area contributed by atoms with Crippen molar-refractivity contribution in [1.82, 2.24) is 9.88 Å². The Kier molecular flexibility index (Phi) is 7.87. The van der Waals surface area contributed by atoms with Gasteiger partial charge in [-0.1, -0.05) is 64.3 Å². The molecule has 0 aliphatic carbocycles. The summed E-state index contributed by atoms with van der Waals surface area (Å²) in [5.41, 5.74) is 1.34. The lowest BCUT2D eigenvalue weighted by Crippen LogP contribution is -2.68. The van der Waals surface area contributed by atoms with Crippen molar-refractivity contribution in [3.05, 3.63) is 36.4 Å². The number of ether oxygens (including phenoxy) is 2. The molecule has 12 heteroatoms. The molecule has 0 N–H and O–H groups in total. The number of esters is 1. The lowest BCUT2D eigenvalue weighted by Gasteiger charge is -2.48. The van der Waals surface area contributed by atoms with Crippen LogP contribution in [0.4, 0.5) is 0 Å². The van der Waals surface area contributed by atoms with Crippen LogP contribution in [0, 0.1) is 0 Å². The quantitative estimate of drug-likeness (QED) is 0.156. The molecule has 3 atom stereocenters. The first-order chi connectivity index (χ1) is 14.1. The van der Waals surface area contributed by atoms with E-state index in [1.165, 1.54) is 33.6 Å². The minimum Gasteiger partial charge on any atom is -0.459 e. The second kappa shape index (κ2) is 9.85. The number of amides is 1. The topological polar surface area (TPSA) is 68.7 Å². The Balaban J connectivity index is 1.74. The minimum absolute atomic E-state index is 0.335. The lowest BCUT2D eigenvalue weighted by atomic mass is 10.0. The van der Waals surface area contributed by atoms with Crippen LogP contribution in [0.5, 0.6) is 0 Å². The first-order valence-electron chi connectivity index (χ1n) is 8.55. The van der Waals surface area contributed by atoms with E-state index in [9.17, 15) is 9.59 Å². The summed E-state index contributed by atoms with van der Waals surface area (Å²) >= 11 is 18.5. The summed E-state index contributed by atoms with van der Waals surface area (Å²) in [5.74, 6) is -1.05. The molecule has 1 fully saturated rings. The maximum Gasteiger partial charge on any atom is 0.333 e. The first-order valence-corrected chi connectivity index (χ1v) is 12.7. The Morgan fingerprint density at radius 3 is 2.70 bits per heavy atom. The Hall–Kier alpha value is -0.680. The maximum absolute atomic E-state index is 12.6. The molecule has 2 heterocycles. The Bertz CT molecular complexity index is 933. The van der Waals surface area contributed by atoms with Crippen molar-refractivity contribution in [2.24, 2.45) is 0 Å². The van der Waals surface area contributed by atoms with Crippen LogP contribution in [0.2, 0.25) is 0 Å². The number of hydrogen-bond acceptors (Lipinski definition) is 8. The summed E-state index contributed by atoms with van der Waals surface area (Å²) in [6.07, 6.45) is -0.695. The highest BCUT2D eigenvalue weighted by molar-refractivity contribution is 8.77. The van der Waals surface area contributed by atoms with Gasteiger partial charge in [-0.3, -0.25) is 4.79 Å². The predicted octanol–water partition coefficient (Wildman–Crippen LogP) is 5.08. The molecule has 1 aliphatic heterocycles. The highest BCUT2D eigenvalue weighted by Crippen LogP contribution is 2.46. The van der Waals surface area contributed by atoms with Gasteiger partial charge in [-0.05, 0) is 35.4 Å². The van der Waals surface area contributed by atoms with Crippen LogP contribution in [-0.2, 0) is 19.1 Å². The molecular weight excluding hydrogens is 511 g/mol. The molecular formula is C18H17Cl3N2O4S3. The summed E-state index contributed by atoms with van der Waals surface area (Å²) in [7, 11) is 4.25. The maximum atomic E-state index is 12.6. The number of carbonyl (C=O) groups excluding carboxylic acids is 2. The average Bonchev–Trinajstić information content (AvgIpc) is 3.09. The van der Waals surface area contributed by atoms with Crippen LogP contribution in [0.25, 0.3) is 10.2 Å². The molecule has 1 aliphatic rings. The highest BCUT2D eigenvalue weighted by Gasteiger charge is 2.54. The second-order valence-corrected chi connectivity index (χ2v) is 12.5. The Morgan fingerprint density at radius 1 is 1.40 bits per heavy atom. The predicted molar refractivity (Wildman–Crippen MR) is 124 cm³/mol. The molecule has 0 spiro atoms. The van der Waals surface area contributed by atoms with E-state index in [1.807, 2.05) is 24.3 Å². The van der Waals surface area contributed by atoms with Gasteiger partial charge in [0.1, 0.15) is 12.0 Å². The molecule has 1 aromatic carbocycles. The van der Waals surface area contributed by atoms with Crippen molar-refractivity contribution >= 4 is 89.8 Å². The van der Waals surface area contributed by atoms with Crippen LogP contribution in [0.1, 0.15) is 6.92 Å². The fourth-order valence-corrected chi connectivity index (χ4v) is 6.93. The third kappa shape index (κ3) is 5.38. The first kappa shape index (κ1) is 24.0. The molecule has 0 saturated carbocycles. The number of carbonyl (C=O) groups is 2. The van der Waals surface area contributed by atoms with E-state index in [0.717, 1.165) is 14.6 Å². The van der Waals surface area contributed by atoms with E-state index in [4.69, 9.17) is 44.3 Å². The van der Waals surface area contributed by atoms with Gasteiger partial charge in [-0.2, -0.15) is 0 Å². The van der Waals surface area contributed by atoms with Gasteiger partial charge >= 0.3 is 5.97 Å². The number of aromatic nitrogens is 1. The van der Waals surface area contributed by atoms with E-state index in [2.05, 4.69) is 11.6 Å². The van der Waals surface area contributed by atoms with Gasteiger partial charge in [0.15, 0.2) is 16.5 Å². The number of hydrogen-bond donors (Lipinski definition) is 0. The van der Waals surface area contributed by atoms with Crippen molar-refractivity contribution in [3.8, 4) is 0 Å². The van der Waals surface area contributed by atoms with Crippen LogP contribution >= 0.6 is 67.7 Å². The highest BCUT2D eigenvalue weighted by atomic mass is 35.6. The van der Waals surface area contributed by atoms with E-state index in [0.29, 0.717) is 5.57 Å². The average molecular weight is 528 g/mol. The molecule has 1 saturated heterocycles. The van der Waals surface area contributed by atoms with Crippen molar-refractivity contribution < 1.29 is 19.1 Å². The number of nitrogens with zero attached hydrogens (tertiary/aromatic N) is 2. The van der Waals surface area contributed by atoms with E-state index < -0.39 is 33.9 Å². The number of thiazole rings is 1. The largest absolute Gasteiger partial charge is 0.459 e. The third-order valence-corrected chi connectivity index (χ3v) is 8.45. The van der Waals surface area contributed by atoms with Crippen LogP contribution in [0.3, 0.4) is 0 Å². The summed E-state index contributed by atoms with van der Waals surface area (Å²) in [6, 6.07) is 6.81. The molecule has 30 heavy (non-hydrogen) atoms. The van der Waals surface area contributed by atoms with E-state index in [1.54, 1.807) is 18.3 Å². The molecule has 0 bridgehead atoms. The Labute approximate surface area is 200 Å². The summed E-state index contributed by atoms with van der Waals surface area (Å²) in [4.78, 5) is 31.2. The number of para-hydroxylation sites is 1.